The minimum Gasteiger partial charge on any atom is -0.368 e. The number of benzene rings is 1. The zero-order valence-electron chi connectivity index (χ0n) is 17.4. The summed E-state index contributed by atoms with van der Waals surface area (Å²) in [5.74, 6) is 1.48. The summed E-state index contributed by atoms with van der Waals surface area (Å²) in [7, 11) is 0. The topological polar surface area (TPSA) is 123 Å². The number of imidazole rings is 1. The summed E-state index contributed by atoms with van der Waals surface area (Å²) in [5.41, 5.74) is 9.37. The Hall–Kier alpha value is -4.21. The summed E-state index contributed by atoms with van der Waals surface area (Å²) in [6, 6.07) is 11.4. The first-order chi connectivity index (χ1) is 15.6. The lowest BCUT2D eigenvalue weighted by molar-refractivity contribution is 0.602. The molecule has 1 saturated heterocycles. The Morgan fingerprint density at radius 1 is 1.16 bits per heavy atom. The van der Waals surface area contributed by atoms with Gasteiger partial charge < -0.3 is 15.6 Å². The highest BCUT2D eigenvalue weighted by atomic mass is 16.1. The summed E-state index contributed by atoms with van der Waals surface area (Å²) in [5, 5.41) is 4.92. The number of hydrogen-bond acceptors (Lipinski definition) is 7. The zero-order chi connectivity index (χ0) is 21.8. The maximum atomic E-state index is 13.7. The maximum absolute atomic E-state index is 13.7. The molecular formula is C22H21N9O. The van der Waals surface area contributed by atoms with Gasteiger partial charge in [-0.3, -0.25) is 9.36 Å². The van der Waals surface area contributed by atoms with Gasteiger partial charge >= 0.3 is 0 Å². The highest BCUT2D eigenvalue weighted by Crippen LogP contribution is 2.37. The fourth-order valence-electron chi connectivity index (χ4n) is 4.60. The number of H-pyrrole nitrogens is 1. The van der Waals surface area contributed by atoms with Crippen molar-refractivity contribution in [3.63, 3.8) is 0 Å². The van der Waals surface area contributed by atoms with E-state index in [-0.39, 0.29) is 17.5 Å². The van der Waals surface area contributed by atoms with Gasteiger partial charge in [-0.2, -0.15) is 15.1 Å². The van der Waals surface area contributed by atoms with Crippen LogP contribution in [0.15, 0.2) is 53.7 Å². The molecule has 0 unspecified atom stereocenters. The Balaban J connectivity index is 1.60. The van der Waals surface area contributed by atoms with E-state index < -0.39 is 0 Å². The summed E-state index contributed by atoms with van der Waals surface area (Å²) in [4.78, 5) is 32.0. The SMILES string of the molecule is Cc1ccn2nc([C@@H]3CCCN3c3nc(N)nc4[nH]cnc34)n(-c3ccccc3)c(=O)c12. The van der Waals surface area contributed by atoms with Crippen LogP contribution >= 0.6 is 0 Å². The van der Waals surface area contributed by atoms with Crippen LogP contribution in [-0.2, 0) is 0 Å². The molecule has 0 amide bonds. The van der Waals surface area contributed by atoms with Crippen LogP contribution in [0.1, 0.15) is 30.3 Å². The van der Waals surface area contributed by atoms with Crippen molar-refractivity contribution in [1.29, 1.82) is 0 Å². The normalized spacial score (nSPS) is 16.4. The molecule has 1 aliphatic heterocycles. The number of nitrogens with two attached hydrogens (primary N) is 1. The first-order valence-electron chi connectivity index (χ1n) is 10.5. The van der Waals surface area contributed by atoms with Gasteiger partial charge in [0, 0.05) is 12.7 Å². The van der Waals surface area contributed by atoms with Gasteiger partial charge in [-0.15, -0.1) is 0 Å². The molecule has 1 atom stereocenters. The highest BCUT2D eigenvalue weighted by Gasteiger charge is 2.34. The Morgan fingerprint density at radius 3 is 2.84 bits per heavy atom. The first kappa shape index (κ1) is 18.6. The van der Waals surface area contributed by atoms with Gasteiger partial charge in [-0.1, -0.05) is 18.2 Å². The van der Waals surface area contributed by atoms with Crippen LogP contribution in [0.2, 0.25) is 0 Å². The van der Waals surface area contributed by atoms with Crippen molar-refractivity contribution < 1.29 is 0 Å². The van der Waals surface area contributed by atoms with E-state index in [1.54, 1.807) is 15.4 Å². The lowest BCUT2D eigenvalue weighted by Crippen LogP contribution is -2.33. The van der Waals surface area contributed by atoms with E-state index in [4.69, 9.17) is 10.8 Å². The number of para-hydroxylation sites is 1. The molecule has 32 heavy (non-hydrogen) atoms. The van der Waals surface area contributed by atoms with E-state index in [0.717, 1.165) is 30.6 Å². The van der Waals surface area contributed by atoms with Crippen molar-refractivity contribution in [2.75, 3.05) is 17.2 Å². The zero-order valence-corrected chi connectivity index (χ0v) is 17.4. The fraction of sp³-hybridized carbons (Fsp3) is 0.227. The van der Waals surface area contributed by atoms with Crippen LogP contribution < -0.4 is 16.2 Å². The van der Waals surface area contributed by atoms with Crippen LogP contribution in [0, 0.1) is 6.92 Å². The first-order valence-corrected chi connectivity index (χ1v) is 10.5. The van der Waals surface area contributed by atoms with Crippen molar-refractivity contribution in [1.82, 2.24) is 34.1 Å². The summed E-state index contributed by atoms with van der Waals surface area (Å²) >= 11 is 0. The molecule has 10 heteroatoms. The third-order valence-electron chi connectivity index (χ3n) is 6.03. The third kappa shape index (κ3) is 2.69. The van der Waals surface area contributed by atoms with E-state index in [9.17, 15) is 4.79 Å². The van der Waals surface area contributed by atoms with Gasteiger partial charge in [-0.05, 0) is 43.5 Å². The van der Waals surface area contributed by atoms with Gasteiger partial charge in [-0.25, -0.2) is 9.50 Å². The Morgan fingerprint density at radius 2 is 2.00 bits per heavy atom. The number of aromatic amines is 1. The molecule has 0 radical (unpaired) electrons. The predicted molar refractivity (Wildman–Crippen MR) is 121 cm³/mol. The van der Waals surface area contributed by atoms with Gasteiger partial charge in [0.15, 0.2) is 22.8 Å². The monoisotopic (exact) mass is 427 g/mol. The minimum atomic E-state index is -0.177. The molecule has 0 saturated carbocycles. The standard InChI is InChI=1S/C22H21N9O/c1-13-9-11-30-17(13)21(32)31(14-6-3-2-4-7-14)19(28-30)15-8-5-10-29(15)20-16-18(25-12-24-16)26-22(23)27-20/h2-4,6-7,9,11-12,15H,5,8,10H2,1H3,(H3,23,24,25,26,27)/t15-/m0/s1. The molecule has 0 spiro atoms. The summed E-state index contributed by atoms with van der Waals surface area (Å²) < 4.78 is 3.40. The average molecular weight is 427 g/mol. The number of nitrogens with zero attached hydrogens (tertiary/aromatic N) is 7. The Bertz CT molecular complexity index is 1520. The molecule has 5 heterocycles. The third-order valence-corrected chi connectivity index (χ3v) is 6.03. The van der Waals surface area contributed by atoms with E-state index >= 15 is 0 Å². The lowest BCUT2D eigenvalue weighted by Gasteiger charge is -2.27. The van der Waals surface area contributed by atoms with Crippen molar-refractivity contribution in [3.05, 3.63) is 70.7 Å². The van der Waals surface area contributed by atoms with Crippen LogP contribution in [0.4, 0.5) is 11.8 Å². The van der Waals surface area contributed by atoms with Gasteiger partial charge in [0.05, 0.1) is 18.1 Å². The number of rotatable bonds is 3. The van der Waals surface area contributed by atoms with E-state index in [0.29, 0.717) is 28.3 Å². The Labute approximate surface area is 182 Å². The summed E-state index contributed by atoms with van der Waals surface area (Å²) in [6.45, 7) is 2.67. The van der Waals surface area contributed by atoms with Crippen LogP contribution in [0.3, 0.4) is 0 Å². The number of nitrogens with one attached hydrogen (secondary N) is 1. The number of aryl methyl sites for hydroxylation is 1. The van der Waals surface area contributed by atoms with Crippen molar-refractivity contribution in [3.8, 4) is 5.69 Å². The maximum Gasteiger partial charge on any atom is 0.282 e. The molecule has 1 aromatic carbocycles. The summed E-state index contributed by atoms with van der Waals surface area (Å²) in [6.07, 6.45) is 5.16. The number of hydrogen-bond donors (Lipinski definition) is 2. The number of aromatic nitrogens is 7. The average Bonchev–Trinajstić information content (AvgIpc) is 3.53. The molecule has 5 aromatic rings. The predicted octanol–water partition coefficient (Wildman–Crippen LogP) is 2.38. The van der Waals surface area contributed by atoms with Gasteiger partial charge in [0.2, 0.25) is 5.95 Å². The molecule has 3 N–H and O–H groups in total. The Kier molecular flexibility index (Phi) is 4.00. The largest absolute Gasteiger partial charge is 0.368 e. The molecule has 0 bridgehead atoms. The van der Waals surface area contributed by atoms with Crippen LogP contribution in [-0.4, -0.2) is 40.7 Å². The molecule has 6 rings (SSSR count). The van der Waals surface area contributed by atoms with Crippen LogP contribution in [0.5, 0.6) is 0 Å². The number of fused-ring (bicyclic) bond motifs is 2. The van der Waals surface area contributed by atoms with Crippen molar-refractivity contribution in [2.45, 2.75) is 25.8 Å². The number of anilines is 2. The van der Waals surface area contributed by atoms with Crippen LogP contribution in [0.25, 0.3) is 22.4 Å². The molecular weight excluding hydrogens is 406 g/mol. The second kappa shape index (κ2) is 6.91. The lowest BCUT2D eigenvalue weighted by atomic mass is 10.2. The smallest absolute Gasteiger partial charge is 0.282 e. The van der Waals surface area contributed by atoms with E-state index in [2.05, 4.69) is 24.8 Å². The molecule has 1 aliphatic rings. The quantitative estimate of drug-likeness (QED) is 0.453. The van der Waals surface area contributed by atoms with Crippen molar-refractivity contribution >= 4 is 28.4 Å². The number of nitrogen functional groups attached to an aromatic ring is 1. The minimum absolute atomic E-state index is 0.0948. The second-order valence-electron chi connectivity index (χ2n) is 7.98. The van der Waals surface area contributed by atoms with E-state index in [1.807, 2.05) is 49.5 Å². The molecule has 0 aliphatic carbocycles. The second-order valence-corrected chi connectivity index (χ2v) is 7.98. The fourth-order valence-corrected chi connectivity index (χ4v) is 4.60. The molecule has 10 nitrogen and oxygen atoms in total. The van der Waals surface area contributed by atoms with Gasteiger partial charge in [0.25, 0.3) is 5.56 Å². The van der Waals surface area contributed by atoms with Gasteiger partial charge in [0.1, 0.15) is 5.52 Å². The van der Waals surface area contributed by atoms with Crippen molar-refractivity contribution in [2.24, 2.45) is 0 Å². The molecule has 1 fully saturated rings. The molecule has 160 valence electrons. The highest BCUT2D eigenvalue weighted by molar-refractivity contribution is 5.84. The molecule has 4 aromatic heterocycles. The van der Waals surface area contributed by atoms with E-state index in [1.165, 1.54) is 0 Å².